The molecule has 2 N–H and O–H groups in total. The second kappa shape index (κ2) is 10.3. The molecule has 0 radical (unpaired) electrons. The van der Waals surface area contributed by atoms with E-state index in [1.807, 2.05) is 30.3 Å². The Kier molecular flexibility index (Phi) is 8.04. The minimum Gasteiger partial charge on any atom is -0.354 e. The first kappa shape index (κ1) is 21.9. The number of likely N-dealkylation sites (N-methyl/N-ethyl adjacent to an activating group) is 1. The number of nitrogens with one attached hydrogen (secondary N) is 2. The summed E-state index contributed by atoms with van der Waals surface area (Å²) in [4.78, 5) is 24.2. The van der Waals surface area contributed by atoms with Crippen LogP contribution in [0.5, 0.6) is 0 Å². The van der Waals surface area contributed by atoms with E-state index in [0.717, 1.165) is 9.20 Å². The summed E-state index contributed by atoms with van der Waals surface area (Å²) in [6.45, 7) is 1.54. The lowest BCUT2D eigenvalue weighted by atomic mass is 10.3. The van der Waals surface area contributed by atoms with Gasteiger partial charge >= 0.3 is 0 Å². The van der Waals surface area contributed by atoms with Gasteiger partial charge in [-0.1, -0.05) is 18.2 Å². The van der Waals surface area contributed by atoms with Crippen molar-refractivity contribution >= 4 is 39.3 Å². The second-order valence-electron chi connectivity index (χ2n) is 5.98. The molecule has 0 spiro atoms. The van der Waals surface area contributed by atoms with Crippen LogP contribution in [0, 0.1) is 0 Å². The van der Waals surface area contributed by atoms with E-state index < -0.39 is 10.0 Å². The van der Waals surface area contributed by atoms with Gasteiger partial charge in [-0.15, -0.1) is 11.8 Å². The van der Waals surface area contributed by atoms with Crippen LogP contribution in [-0.2, 0) is 19.6 Å². The number of sulfonamides is 1. The van der Waals surface area contributed by atoms with Crippen molar-refractivity contribution in [1.82, 2.24) is 9.62 Å². The summed E-state index contributed by atoms with van der Waals surface area (Å²) < 4.78 is 26.1. The number of rotatable bonds is 9. The number of anilines is 1. The molecule has 2 aromatic rings. The summed E-state index contributed by atoms with van der Waals surface area (Å²) in [6, 6.07) is 15.6. The number of carbonyl (C=O) groups is 2. The van der Waals surface area contributed by atoms with Crippen molar-refractivity contribution in [2.75, 3.05) is 31.2 Å². The van der Waals surface area contributed by atoms with Crippen LogP contribution in [0.1, 0.15) is 6.92 Å². The molecule has 0 aromatic heterocycles. The fourth-order valence-electron chi connectivity index (χ4n) is 2.31. The van der Waals surface area contributed by atoms with E-state index in [4.69, 9.17) is 0 Å². The standard InChI is InChI=1S/C19H23N3O4S2/c1-15(23)21-16-8-10-18(11-9-16)28(25,26)22(2)14-19(24)20-12-13-27-17-6-4-3-5-7-17/h3-11H,12-14H2,1-2H3,(H,20,24)(H,21,23). The SMILES string of the molecule is CC(=O)Nc1ccc(S(=O)(=O)N(C)CC(=O)NCCSc2ccccc2)cc1. The molecule has 0 unspecified atom stereocenters. The van der Waals surface area contributed by atoms with Gasteiger partial charge in [-0.05, 0) is 36.4 Å². The Balaban J connectivity index is 1.83. The minimum atomic E-state index is -3.80. The average Bonchev–Trinajstić information content (AvgIpc) is 2.66. The second-order valence-corrected chi connectivity index (χ2v) is 9.19. The average molecular weight is 422 g/mol. The van der Waals surface area contributed by atoms with Crippen LogP contribution in [-0.4, -0.2) is 50.4 Å². The van der Waals surface area contributed by atoms with Crippen LogP contribution in [0.3, 0.4) is 0 Å². The lowest BCUT2D eigenvalue weighted by Gasteiger charge is -2.17. The number of hydrogen-bond donors (Lipinski definition) is 2. The summed E-state index contributed by atoms with van der Waals surface area (Å²) in [5.74, 6) is 0.0843. The van der Waals surface area contributed by atoms with Crippen molar-refractivity contribution in [3.63, 3.8) is 0 Å². The summed E-state index contributed by atoms with van der Waals surface area (Å²) in [7, 11) is -2.44. The Bertz CT molecular complexity index is 901. The predicted molar refractivity (Wildman–Crippen MR) is 111 cm³/mol. The predicted octanol–water partition coefficient (Wildman–Crippen LogP) is 2.17. The van der Waals surface area contributed by atoms with E-state index in [1.165, 1.54) is 38.2 Å². The zero-order chi connectivity index (χ0) is 20.6. The Morgan fingerprint density at radius 2 is 1.68 bits per heavy atom. The van der Waals surface area contributed by atoms with Gasteiger partial charge in [-0.25, -0.2) is 8.42 Å². The Labute approximate surface area is 169 Å². The number of hydrogen-bond acceptors (Lipinski definition) is 5. The summed E-state index contributed by atoms with van der Waals surface area (Å²) in [5.41, 5.74) is 0.503. The number of amides is 2. The van der Waals surface area contributed by atoms with Gasteiger partial charge in [0.1, 0.15) is 0 Å². The highest BCUT2D eigenvalue weighted by molar-refractivity contribution is 7.99. The van der Waals surface area contributed by atoms with Crippen LogP contribution >= 0.6 is 11.8 Å². The van der Waals surface area contributed by atoms with Crippen LogP contribution in [0.25, 0.3) is 0 Å². The van der Waals surface area contributed by atoms with E-state index in [1.54, 1.807) is 11.8 Å². The van der Waals surface area contributed by atoms with Crippen LogP contribution in [0.15, 0.2) is 64.4 Å². The Morgan fingerprint density at radius 1 is 1.04 bits per heavy atom. The zero-order valence-electron chi connectivity index (χ0n) is 15.7. The van der Waals surface area contributed by atoms with Crippen molar-refractivity contribution < 1.29 is 18.0 Å². The number of thioether (sulfide) groups is 1. The monoisotopic (exact) mass is 421 g/mol. The smallest absolute Gasteiger partial charge is 0.243 e. The molecule has 0 saturated carbocycles. The highest BCUT2D eigenvalue weighted by Gasteiger charge is 2.22. The molecule has 2 rings (SSSR count). The molecule has 0 bridgehead atoms. The summed E-state index contributed by atoms with van der Waals surface area (Å²) >= 11 is 1.61. The van der Waals surface area contributed by atoms with Gasteiger partial charge in [-0.3, -0.25) is 9.59 Å². The molecule has 0 saturated heterocycles. The fraction of sp³-hybridized carbons (Fsp3) is 0.263. The lowest BCUT2D eigenvalue weighted by molar-refractivity contribution is -0.121. The van der Waals surface area contributed by atoms with Crippen molar-refractivity contribution in [2.45, 2.75) is 16.7 Å². The molecule has 0 fully saturated rings. The molecular formula is C19H23N3O4S2. The molecule has 2 aromatic carbocycles. The van der Waals surface area contributed by atoms with Gasteiger partial charge in [0.05, 0.1) is 11.4 Å². The normalized spacial score (nSPS) is 11.2. The van der Waals surface area contributed by atoms with E-state index in [0.29, 0.717) is 18.0 Å². The minimum absolute atomic E-state index is 0.0523. The van der Waals surface area contributed by atoms with Crippen molar-refractivity contribution in [1.29, 1.82) is 0 Å². The first-order valence-electron chi connectivity index (χ1n) is 8.57. The number of carbonyl (C=O) groups excluding carboxylic acids is 2. The van der Waals surface area contributed by atoms with Crippen LogP contribution < -0.4 is 10.6 Å². The molecule has 7 nitrogen and oxygen atoms in total. The van der Waals surface area contributed by atoms with Crippen molar-refractivity contribution in [3.05, 3.63) is 54.6 Å². The Hall–Kier alpha value is -2.36. The van der Waals surface area contributed by atoms with E-state index in [2.05, 4.69) is 10.6 Å². The quantitative estimate of drug-likeness (QED) is 0.478. The maximum absolute atomic E-state index is 12.6. The molecule has 0 aliphatic heterocycles. The molecule has 150 valence electrons. The number of benzene rings is 2. The molecule has 0 atom stereocenters. The molecule has 0 heterocycles. The molecule has 28 heavy (non-hydrogen) atoms. The molecule has 9 heteroatoms. The molecule has 0 aliphatic carbocycles. The summed E-state index contributed by atoms with van der Waals surface area (Å²) in [6.07, 6.45) is 0. The number of nitrogens with zero attached hydrogens (tertiary/aromatic N) is 1. The van der Waals surface area contributed by atoms with Gasteiger partial charge < -0.3 is 10.6 Å². The highest BCUT2D eigenvalue weighted by Crippen LogP contribution is 2.18. The topological polar surface area (TPSA) is 95.6 Å². The maximum Gasteiger partial charge on any atom is 0.243 e. The van der Waals surface area contributed by atoms with Crippen molar-refractivity contribution in [2.24, 2.45) is 0 Å². The molecule has 2 amide bonds. The Morgan fingerprint density at radius 3 is 2.29 bits per heavy atom. The molecular weight excluding hydrogens is 398 g/mol. The van der Waals surface area contributed by atoms with Crippen molar-refractivity contribution in [3.8, 4) is 0 Å². The lowest BCUT2D eigenvalue weighted by Crippen LogP contribution is -2.39. The van der Waals surface area contributed by atoms with E-state index in [-0.39, 0.29) is 23.3 Å². The molecule has 0 aliphatic rings. The first-order chi connectivity index (χ1) is 13.3. The van der Waals surface area contributed by atoms with Gasteiger partial charge in [0.15, 0.2) is 0 Å². The van der Waals surface area contributed by atoms with Gasteiger partial charge in [-0.2, -0.15) is 4.31 Å². The third-order valence-electron chi connectivity index (χ3n) is 3.69. The van der Waals surface area contributed by atoms with Crippen LogP contribution in [0.2, 0.25) is 0 Å². The highest BCUT2D eigenvalue weighted by atomic mass is 32.2. The largest absolute Gasteiger partial charge is 0.354 e. The van der Waals surface area contributed by atoms with Gasteiger partial charge in [0.25, 0.3) is 0 Å². The zero-order valence-corrected chi connectivity index (χ0v) is 17.3. The maximum atomic E-state index is 12.6. The van der Waals surface area contributed by atoms with Gasteiger partial charge in [0.2, 0.25) is 21.8 Å². The first-order valence-corrected chi connectivity index (χ1v) is 11.0. The fourth-order valence-corrected chi connectivity index (χ4v) is 4.23. The van der Waals surface area contributed by atoms with E-state index >= 15 is 0 Å². The van der Waals surface area contributed by atoms with Gasteiger partial charge in [0, 0.05) is 36.9 Å². The van der Waals surface area contributed by atoms with Crippen LogP contribution in [0.4, 0.5) is 5.69 Å². The summed E-state index contributed by atoms with van der Waals surface area (Å²) in [5, 5.41) is 5.30. The third kappa shape index (κ3) is 6.66. The third-order valence-corrected chi connectivity index (χ3v) is 6.52. The van der Waals surface area contributed by atoms with E-state index in [9.17, 15) is 18.0 Å².